The van der Waals surface area contributed by atoms with E-state index < -0.39 is 11.4 Å². The van der Waals surface area contributed by atoms with Gasteiger partial charge in [-0.2, -0.15) is 4.98 Å². The summed E-state index contributed by atoms with van der Waals surface area (Å²) in [6, 6.07) is 8.72. The molecule has 0 aliphatic carbocycles. The Kier molecular flexibility index (Phi) is 3.87. The summed E-state index contributed by atoms with van der Waals surface area (Å²) in [5.74, 6) is 0.336. The molecule has 0 saturated carbocycles. The Morgan fingerprint density at radius 1 is 1.29 bits per heavy atom. The Labute approximate surface area is 159 Å². The summed E-state index contributed by atoms with van der Waals surface area (Å²) < 4.78 is 20.9. The summed E-state index contributed by atoms with van der Waals surface area (Å²) in [6.45, 7) is 4.74. The molecular weight excluding hydrogens is 361 g/mol. The fraction of sp³-hybridized carbons (Fsp3) is 0.250. The molecule has 1 atom stereocenters. The van der Waals surface area contributed by atoms with Crippen LogP contribution < -0.4 is 15.8 Å². The lowest BCUT2D eigenvalue weighted by atomic mass is 10.1. The minimum absolute atomic E-state index is 0.165. The highest BCUT2D eigenvalue weighted by Gasteiger charge is 2.20. The maximum atomic E-state index is 13.9. The molecule has 142 valence electrons. The minimum Gasteiger partial charge on any atom is -0.403 e. The van der Waals surface area contributed by atoms with E-state index in [-0.39, 0.29) is 16.9 Å². The Hall–Kier alpha value is -3.26. The zero-order valence-corrected chi connectivity index (χ0v) is 15.2. The molecule has 4 aromatic heterocycles. The van der Waals surface area contributed by atoms with Crippen molar-refractivity contribution in [1.29, 1.82) is 0 Å². The minimum atomic E-state index is -0.547. The van der Waals surface area contributed by atoms with E-state index in [4.69, 9.17) is 4.42 Å². The van der Waals surface area contributed by atoms with Crippen molar-refractivity contribution in [2.45, 2.75) is 13.0 Å². The highest BCUT2D eigenvalue weighted by Crippen LogP contribution is 2.24. The molecule has 28 heavy (non-hydrogen) atoms. The van der Waals surface area contributed by atoms with Gasteiger partial charge in [-0.3, -0.25) is 0 Å². The normalized spacial score (nSPS) is 17.5. The summed E-state index contributed by atoms with van der Waals surface area (Å²) in [5, 5.41) is 4.04. The molecule has 1 saturated heterocycles. The zero-order valence-electron chi connectivity index (χ0n) is 15.2. The number of hydrogen-bond donors (Lipinski definition) is 1. The molecule has 1 fully saturated rings. The van der Waals surface area contributed by atoms with E-state index in [9.17, 15) is 9.18 Å². The number of imidazole rings is 1. The van der Waals surface area contributed by atoms with Crippen molar-refractivity contribution in [2.24, 2.45) is 0 Å². The SMILES string of the molecule is C[C@H]1CNCCN1c1ccc2cc(-c3cn4cccc(F)c4n3)c(=O)oc2n1. The molecule has 4 aromatic rings. The second-order valence-corrected chi connectivity index (χ2v) is 6.97. The third kappa shape index (κ3) is 2.73. The predicted octanol–water partition coefficient (Wildman–Crippen LogP) is 2.44. The van der Waals surface area contributed by atoms with Crippen LogP contribution in [0.4, 0.5) is 10.2 Å². The van der Waals surface area contributed by atoms with Crippen LogP contribution in [-0.4, -0.2) is 40.0 Å². The lowest BCUT2D eigenvalue weighted by molar-refractivity contribution is 0.495. The third-order valence-corrected chi connectivity index (χ3v) is 5.09. The van der Waals surface area contributed by atoms with Gasteiger partial charge in [-0.1, -0.05) is 0 Å². The van der Waals surface area contributed by atoms with Gasteiger partial charge in [-0.25, -0.2) is 14.2 Å². The lowest BCUT2D eigenvalue weighted by Crippen LogP contribution is -2.50. The number of rotatable bonds is 2. The lowest BCUT2D eigenvalue weighted by Gasteiger charge is -2.34. The molecule has 5 rings (SSSR count). The Balaban J connectivity index is 1.59. The maximum Gasteiger partial charge on any atom is 0.347 e. The first-order valence-electron chi connectivity index (χ1n) is 9.16. The number of aromatic nitrogens is 3. The van der Waals surface area contributed by atoms with Crippen LogP contribution in [0.15, 0.2) is 51.9 Å². The van der Waals surface area contributed by atoms with Crippen molar-refractivity contribution >= 4 is 22.6 Å². The van der Waals surface area contributed by atoms with Crippen LogP contribution in [0.2, 0.25) is 0 Å². The van der Waals surface area contributed by atoms with Gasteiger partial charge in [-0.05, 0) is 37.3 Å². The van der Waals surface area contributed by atoms with Gasteiger partial charge in [-0.15, -0.1) is 0 Å². The van der Waals surface area contributed by atoms with E-state index in [0.29, 0.717) is 17.1 Å². The number of anilines is 1. The van der Waals surface area contributed by atoms with Crippen molar-refractivity contribution in [2.75, 3.05) is 24.5 Å². The van der Waals surface area contributed by atoms with Crippen molar-refractivity contribution in [1.82, 2.24) is 19.7 Å². The second-order valence-electron chi connectivity index (χ2n) is 6.97. The van der Waals surface area contributed by atoms with Gasteiger partial charge < -0.3 is 19.0 Å². The summed E-state index contributed by atoms with van der Waals surface area (Å²) in [5.41, 5.74) is 0.542. The first kappa shape index (κ1) is 16.9. The molecule has 0 bridgehead atoms. The fourth-order valence-corrected chi connectivity index (χ4v) is 3.62. The molecule has 0 radical (unpaired) electrons. The first-order chi connectivity index (χ1) is 13.6. The quantitative estimate of drug-likeness (QED) is 0.577. The van der Waals surface area contributed by atoms with Crippen LogP contribution in [0.25, 0.3) is 28.0 Å². The number of pyridine rings is 2. The standard InChI is InChI=1S/C20H18FN5O2/c1-12-10-22-6-8-26(12)17-5-4-13-9-14(20(27)28-19(13)24-17)16-11-25-7-2-3-15(21)18(25)23-16/h2-5,7,9,11-12,22H,6,8,10H2,1H3/t12-/m0/s1. The van der Waals surface area contributed by atoms with Gasteiger partial charge in [0, 0.05) is 43.5 Å². The molecule has 0 unspecified atom stereocenters. The molecular formula is C20H18FN5O2. The van der Waals surface area contributed by atoms with E-state index in [1.807, 2.05) is 12.1 Å². The van der Waals surface area contributed by atoms with Gasteiger partial charge in [0.2, 0.25) is 5.71 Å². The number of piperazine rings is 1. The van der Waals surface area contributed by atoms with E-state index in [1.54, 1.807) is 28.9 Å². The Morgan fingerprint density at radius 2 is 2.18 bits per heavy atom. The number of nitrogens with one attached hydrogen (secondary N) is 1. The Morgan fingerprint density at radius 3 is 3.00 bits per heavy atom. The van der Waals surface area contributed by atoms with Crippen LogP contribution >= 0.6 is 0 Å². The summed E-state index contributed by atoms with van der Waals surface area (Å²) >= 11 is 0. The second kappa shape index (κ2) is 6.42. The molecule has 7 nitrogen and oxygen atoms in total. The van der Waals surface area contributed by atoms with Crippen LogP contribution in [0, 0.1) is 5.82 Å². The van der Waals surface area contributed by atoms with Crippen LogP contribution in [0.3, 0.4) is 0 Å². The zero-order chi connectivity index (χ0) is 19.3. The first-order valence-corrected chi connectivity index (χ1v) is 9.16. The van der Waals surface area contributed by atoms with E-state index in [0.717, 1.165) is 25.5 Å². The molecule has 1 aliphatic heterocycles. The Bertz CT molecular complexity index is 1250. The van der Waals surface area contributed by atoms with Crippen molar-refractivity contribution in [3.05, 3.63) is 59.0 Å². The van der Waals surface area contributed by atoms with Gasteiger partial charge in [0.25, 0.3) is 0 Å². The van der Waals surface area contributed by atoms with E-state index in [1.165, 1.54) is 6.07 Å². The van der Waals surface area contributed by atoms with Crippen molar-refractivity contribution < 1.29 is 8.81 Å². The molecule has 1 aliphatic rings. The maximum absolute atomic E-state index is 13.9. The highest BCUT2D eigenvalue weighted by molar-refractivity contribution is 5.80. The number of fused-ring (bicyclic) bond motifs is 2. The molecule has 5 heterocycles. The van der Waals surface area contributed by atoms with Crippen LogP contribution in [-0.2, 0) is 0 Å². The molecule has 0 spiro atoms. The van der Waals surface area contributed by atoms with Crippen LogP contribution in [0.5, 0.6) is 0 Å². The summed E-state index contributed by atoms with van der Waals surface area (Å²) in [6.07, 6.45) is 3.29. The predicted molar refractivity (Wildman–Crippen MR) is 104 cm³/mol. The molecule has 8 heteroatoms. The highest BCUT2D eigenvalue weighted by atomic mass is 19.1. The molecule has 0 amide bonds. The average Bonchev–Trinajstić information content (AvgIpc) is 3.13. The largest absolute Gasteiger partial charge is 0.403 e. The van der Waals surface area contributed by atoms with Gasteiger partial charge in [0.1, 0.15) is 5.82 Å². The number of hydrogen-bond acceptors (Lipinski definition) is 6. The smallest absolute Gasteiger partial charge is 0.347 e. The van der Waals surface area contributed by atoms with Crippen molar-refractivity contribution in [3.63, 3.8) is 0 Å². The number of nitrogens with zero attached hydrogens (tertiary/aromatic N) is 4. The molecule has 0 aromatic carbocycles. The van der Waals surface area contributed by atoms with Gasteiger partial charge in [0.15, 0.2) is 11.5 Å². The number of halogens is 1. The average molecular weight is 379 g/mol. The summed E-state index contributed by atoms with van der Waals surface area (Å²) in [7, 11) is 0. The molecule has 1 N–H and O–H groups in total. The topological polar surface area (TPSA) is 75.7 Å². The fourth-order valence-electron chi connectivity index (χ4n) is 3.62. The van der Waals surface area contributed by atoms with Crippen LogP contribution in [0.1, 0.15) is 6.92 Å². The van der Waals surface area contributed by atoms with E-state index in [2.05, 4.69) is 27.1 Å². The van der Waals surface area contributed by atoms with Crippen molar-refractivity contribution in [3.8, 4) is 11.3 Å². The van der Waals surface area contributed by atoms with Gasteiger partial charge in [0.05, 0.1) is 11.3 Å². The summed E-state index contributed by atoms with van der Waals surface area (Å²) in [4.78, 5) is 23.6. The van der Waals surface area contributed by atoms with E-state index >= 15 is 0 Å². The monoisotopic (exact) mass is 379 g/mol. The third-order valence-electron chi connectivity index (χ3n) is 5.09. The van der Waals surface area contributed by atoms with Gasteiger partial charge >= 0.3 is 5.63 Å².